The molecule has 0 bridgehead atoms. The highest BCUT2D eigenvalue weighted by atomic mass is 32.1. The standard InChI is InChI=1S/C21H19N3O3S/c1-10-6-13(19-15(7-10)23-18(26-3)9-22-19)21-24-14-4-5-16-12(20(14)28-21)8-17(27-16)11(2)25/h4-7,9,11,17,25H,8H2,1-3H3/t11-,17-/m0/s1. The van der Waals surface area contributed by atoms with E-state index in [1.165, 1.54) is 0 Å². The summed E-state index contributed by atoms with van der Waals surface area (Å²) < 4.78 is 12.2. The summed E-state index contributed by atoms with van der Waals surface area (Å²) in [7, 11) is 1.59. The zero-order chi connectivity index (χ0) is 19.4. The smallest absolute Gasteiger partial charge is 0.232 e. The third-order valence-corrected chi connectivity index (χ3v) is 6.21. The van der Waals surface area contributed by atoms with Gasteiger partial charge in [0.25, 0.3) is 0 Å². The fraction of sp³-hybridized carbons (Fsp3) is 0.286. The number of aliphatic hydroxyl groups excluding tert-OH is 1. The maximum atomic E-state index is 9.91. The van der Waals surface area contributed by atoms with Crippen LogP contribution in [0.3, 0.4) is 0 Å². The van der Waals surface area contributed by atoms with Crippen LogP contribution in [0.2, 0.25) is 0 Å². The molecule has 5 rings (SSSR count). The van der Waals surface area contributed by atoms with E-state index >= 15 is 0 Å². The normalized spacial score (nSPS) is 16.9. The highest BCUT2D eigenvalue weighted by Crippen LogP contribution is 2.42. The monoisotopic (exact) mass is 393 g/mol. The first-order valence-corrected chi connectivity index (χ1v) is 9.94. The molecule has 0 saturated heterocycles. The summed E-state index contributed by atoms with van der Waals surface area (Å²) in [5.74, 6) is 1.33. The van der Waals surface area contributed by atoms with Gasteiger partial charge in [-0.25, -0.2) is 15.0 Å². The molecule has 2 atom stereocenters. The third-order valence-electron chi connectivity index (χ3n) is 5.05. The van der Waals surface area contributed by atoms with E-state index in [0.29, 0.717) is 12.3 Å². The minimum Gasteiger partial charge on any atom is -0.487 e. The van der Waals surface area contributed by atoms with Gasteiger partial charge in [0, 0.05) is 17.5 Å². The Hall–Kier alpha value is -2.77. The lowest BCUT2D eigenvalue weighted by Gasteiger charge is -2.12. The third kappa shape index (κ3) is 2.70. The first-order valence-electron chi connectivity index (χ1n) is 9.12. The Morgan fingerprint density at radius 1 is 1.25 bits per heavy atom. The summed E-state index contributed by atoms with van der Waals surface area (Å²) in [6, 6.07) is 8.02. The number of hydrogen-bond donors (Lipinski definition) is 1. The van der Waals surface area contributed by atoms with Crippen LogP contribution in [-0.2, 0) is 6.42 Å². The van der Waals surface area contributed by atoms with Crippen LogP contribution in [0.15, 0.2) is 30.5 Å². The Bertz CT molecular complexity index is 1220. The Labute approximate surface area is 165 Å². The molecule has 1 aliphatic heterocycles. The molecule has 142 valence electrons. The fourth-order valence-corrected chi connectivity index (χ4v) is 4.76. The Morgan fingerprint density at radius 3 is 2.89 bits per heavy atom. The second-order valence-corrected chi connectivity index (χ2v) is 8.10. The van der Waals surface area contributed by atoms with Crippen molar-refractivity contribution in [2.75, 3.05) is 7.11 Å². The van der Waals surface area contributed by atoms with Gasteiger partial charge in [0.05, 0.1) is 40.7 Å². The number of fused-ring (bicyclic) bond motifs is 4. The Kier molecular flexibility index (Phi) is 3.96. The van der Waals surface area contributed by atoms with Crippen LogP contribution < -0.4 is 9.47 Å². The van der Waals surface area contributed by atoms with Gasteiger partial charge >= 0.3 is 0 Å². The van der Waals surface area contributed by atoms with Gasteiger partial charge in [0.2, 0.25) is 5.88 Å². The van der Waals surface area contributed by atoms with Crippen molar-refractivity contribution in [3.8, 4) is 22.2 Å². The number of methoxy groups -OCH3 is 1. The number of rotatable bonds is 3. The van der Waals surface area contributed by atoms with Crippen LogP contribution in [0.4, 0.5) is 0 Å². The number of thiazole rings is 1. The highest BCUT2D eigenvalue weighted by Gasteiger charge is 2.29. The van der Waals surface area contributed by atoms with E-state index < -0.39 is 6.10 Å². The minimum absolute atomic E-state index is 0.204. The second kappa shape index (κ2) is 6.39. The molecule has 0 saturated carbocycles. The van der Waals surface area contributed by atoms with Crippen molar-refractivity contribution in [3.63, 3.8) is 0 Å². The van der Waals surface area contributed by atoms with Crippen molar-refractivity contribution in [2.24, 2.45) is 0 Å². The molecular weight excluding hydrogens is 374 g/mol. The molecule has 1 aliphatic rings. The van der Waals surface area contributed by atoms with Crippen LogP contribution in [-0.4, -0.2) is 39.4 Å². The summed E-state index contributed by atoms with van der Waals surface area (Å²) in [4.78, 5) is 14.0. The predicted octanol–water partition coefficient (Wildman–Crippen LogP) is 3.91. The van der Waals surface area contributed by atoms with E-state index in [4.69, 9.17) is 14.5 Å². The van der Waals surface area contributed by atoms with Crippen molar-refractivity contribution >= 4 is 32.6 Å². The number of aromatic nitrogens is 3. The lowest BCUT2D eigenvalue weighted by Crippen LogP contribution is -2.26. The van der Waals surface area contributed by atoms with Crippen molar-refractivity contribution in [1.82, 2.24) is 15.0 Å². The summed E-state index contributed by atoms with van der Waals surface area (Å²) in [6.45, 7) is 3.80. The number of aryl methyl sites for hydroxylation is 1. The average molecular weight is 393 g/mol. The van der Waals surface area contributed by atoms with Gasteiger partial charge in [-0.2, -0.15) is 0 Å². The second-order valence-electron chi connectivity index (χ2n) is 7.10. The molecule has 0 radical (unpaired) electrons. The molecule has 3 heterocycles. The van der Waals surface area contributed by atoms with Gasteiger partial charge < -0.3 is 14.6 Å². The van der Waals surface area contributed by atoms with Crippen LogP contribution in [0.5, 0.6) is 11.6 Å². The Balaban J connectivity index is 1.68. The molecule has 7 heteroatoms. The van der Waals surface area contributed by atoms with Gasteiger partial charge in [-0.3, -0.25) is 0 Å². The lowest BCUT2D eigenvalue weighted by molar-refractivity contribution is 0.0632. The minimum atomic E-state index is -0.513. The molecule has 28 heavy (non-hydrogen) atoms. The molecule has 0 fully saturated rings. The lowest BCUT2D eigenvalue weighted by atomic mass is 10.1. The van der Waals surface area contributed by atoms with Gasteiger partial charge in [0.15, 0.2) is 0 Å². The van der Waals surface area contributed by atoms with E-state index in [0.717, 1.165) is 48.7 Å². The molecule has 0 amide bonds. The molecule has 6 nitrogen and oxygen atoms in total. The number of aliphatic hydroxyl groups is 1. The summed E-state index contributed by atoms with van der Waals surface area (Å²) >= 11 is 1.63. The first kappa shape index (κ1) is 17.3. The van der Waals surface area contributed by atoms with Gasteiger partial charge in [-0.15, -0.1) is 11.3 Å². The van der Waals surface area contributed by atoms with E-state index in [2.05, 4.69) is 16.0 Å². The maximum Gasteiger partial charge on any atom is 0.232 e. The quantitative estimate of drug-likeness (QED) is 0.569. The van der Waals surface area contributed by atoms with Gasteiger partial charge in [0.1, 0.15) is 16.9 Å². The zero-order valence-electron chi connectivity index (χ0n) is 15.8. The molecule has 1 N–H and O–H groups in total. The van der Waals surface area contributed by atoms with Crippen LogP contribution in [0.1, 0.15) is 18.1 Å². The van der Waals surface area contributed by atoms with Crippen LogP contribution >= 0.6 is 11.3 Å². The number of benzene rings is 2. The van der Waals surface area contributed by atoms with Gasteiger partial charge in [-0.05, 0) is 43.7 Å². The number of hydrogen-bond acceptors (Lipinski definition) is 7. The van der Waals surface area contributed by atoms with E-state index in [1.807, 2.05) is 25.1 Å². The molecule has 2 aromatic carbocycles. The van der Waals surface area contributed by atoms with Crippen molar-refractivity contribution in [1.29, 1.82) is 0 Å². The van der Waals surface area contributed by atoms with Crippen LogP contribution in [0.25, 0.3) is 31.8 Å². The number of ether oxygens (including phenoxy) is 2. The van der Waals surface area contributed by atoms with Crippen molar-refractivity contribution < 1.29 is 14.6 Å². The van der Waals surface area contributed by atoms with Gasteiger partial charge in [-0.1, -0.05) is 0 Å². The zero-order valence-corrected chi connectivity index (χ0v) is 16.6. The maximum absolute atomic E-state index is 9.91. The molecule has 2 aromatic heterocycles. The van der Waals surface area contributed by atoms with Crippen molar-refractivity contribution in [3.05, 3.63) is 41.6 Å². The summed E-state index contributed by atoms with van der Waals surface area (Å²) in [5.41, 5.74) is 5.70. The predicted molar refractivity (Wildman–Crippen MR) is 109 cm³/mol. The topological polar surface area (TPSA) is 77.4 Å². The molecule has 0 spiro atoms. The molecule has 0 aliphatic carbocycles. The van der Waals surface area contributed by atoms with E-state index in [-0.39, 0.29) is 6.10 Å². The first-order chi connectivity index (χ1) is 13.5. The Morgan fingerprint density at radius 2 is 2.11 bits per heavy atom. The largest absolute Gasteiger partial charge is 0.487 e. The highest BCUT2D eigenvalue weighted by molar-refractivity contribution is 7.22. The fourth-order valence-electron chi connectivity index (χ4n) is 3.63. The molecule has 0 unspecified atom stereocenters. The summed E-state index contributed by atoms with van der Waals surface area (Å²) in [6.07, 6.45) is 1.61. The average Bonchev–Trinajstić information content (AvgIpc) is 3.30. The summed E-state index contributed by atoms with van der Waals surface area (Å²) in [5, 5.41) is 10.8. The van der Waals surface area contributed by atoms with E-state index in [1.54, 1.807) is 31.6 Å². The van der Waals surface area contributed by atoms with Crippen molar-refractivity contribution in [2.45, 2.75) is 32.5 Å². The number of nitrogens with zero attached hydrogens (tertiary/aromatic N) is 3. The molecular formula is C21H19N3O3S. The SMILES string of the molecule is COc1cnc2c(-c3nc4ccc5c(c4s3)C[C@@H]([C@H](C)O)O5)cc(C)cc2n1. The molecule has 4 aromatic rings. The van der Waals surface area contributed by atoms with E-state index in [9.17, 15) is 5.11 Å². The van der Waals surface area contributed by atoms with Crippen LogP contribution in [0, 0.1) is 6.92 Å².